The van der Waals surface area contributed by atoms with Crippen LogP contribution in [0.3, 0.4) is 0 Å². The first-order valence-corrected chi connectivity index (χ1v) is 5.49. The van der Waals surface area contributed by atoms with Crippen LogP contribution < -0.4 is 0 Å². The van der Waals surface area contributed by atoms with Crippen LogP contribution in [0.25, 0.3) is 0 Å². The molecule has 0 radical (unpaired) electrons. The van der Waals surface area contributed by atoms with E-state index in [4.69, 9.17) is 5.11 Å². The Morgan fingerprint density at radius 2 is 1.50 bits per heavy atom. The number of hydrogen-bond donors (Lipinski definition) is 3. The standard InChI is InChI=1S/C11H24O3/c1-11(2,14)10(13)8-6-4-3-5-7-9-12/h10,12-14H,3-9H2,1-2H3. The van der Waals surface area contributed by atoms with Gasteiger partial charge in [-0.1, -0.05) is 25.7 Å². The summed E-state index contributed by atoms with van der Waals surface area (Å²) in [4.78, 5) is 0. The van der Waals surface area contributed by atoms with Crippen LogP contribution in [0.2, 0.25) is 0 Å². The Hall–Kier alpha value is -0.120. The van der Waals surface area contributed by atoms with Crippen molar-refractivity contribution >= 4 is 0 Å². The second-order valence-electron chi connectivity index (χ2n) is 4.45. The molecule has 0 aliphatic rings. The SMILES string of the molecule is CC(C)(O)C(O)CCCCCCCO. The van der Waals surface area contributed by atoms with Crippen molar-refractivity contribution in [3.63, 3.8) is 0 Å². The second kappa shape index (κ2) is 7.21. The van der Waals surface area contributed by atoms with E-state index in [2.05, 4.69) is 0 Å². The van der Waals surface area contributed by atoms with E-state index in [1.54, 1.807) is 13.8 Å². The predicted molar refractivity (Wildman–Crippen MR) is 57.1 cm³/mol. The van der Waals surface area contributed by atoms with Crippen molar-refractivity contribution in [2.75, 3.05) is 6.61 Å². The van der Waals surface area contributed by atoms with Crippen molar-refractivity contribution in [3.05, 3.63) is 0 Å². The molecule has 1 unspecified atom stereocenters. The van der Waals surface area contributed by atoms with Gasteiger partial charge in [0.1, 0.15) is 0 Å². The predicted octanol–water partition coefficient (Wildman–Crippen LogP) is 1.45. The second-order valence-corrected chi connectivity index (χ2v) is 4.45. The van der Waals surface area contributed by atoms with E-state index < -0.39 is 11.7 Å². The molecule has 0 saturated carbocycles. The first-order valence-electron chi connectivity index (χ1n) is 5.49. The molecule has 0 fully saturated rings. The van der Waals surface area contributed by atoms with Crippen molar-refractivity contribution in [2.45, 2.75) is 64.1 Å². The summed E-state index contributed by atoms with van der Waals surface area (Å²) in [7, 11) is 0. The van der Waals surface area contributed by atoms with Gasteiger partial charge >= 0.3 is 0 Å². The molecule has 14 heavy (non-hydrogen) atoms. The summed E-state index contributed by atoms with van der Waals surface area (Å²) in [6.07, 6.45) is 5.05. The Morgan fingerprint density at radius 1 is 1.00 bits per heavy atom. The van der Waals surface area contributed by atoms with Crippen LogP contribution in [0, 0.1) is 0 Å². The molecule has 0 heterocycles. The van der Waals surface area contributed by atoms with Crippen LogP contribution >= 0.6 is 0 Å². The highest BCUT2D eigenvalue weighted by atomic mass is 16.3. The summed E-state index contributed by atoms with van der Waals surface area (Å²) in [5, 5.41) is 27.5. The molecular weight excluding hydrogens is 180 g/mol. The van der Waals surface area contributed by atoms with Gasteiger partial charge in [-0.3, -0.25) is 0 Å². The van der Waals surface area contributed by atoms with Gasteiger partial charge in [0, 0.05) is 6.61 Å². The van der Waals surface area contributed by atoms with Gasteiger partial charge in [-0.05, 0) is 26.7 Å². The molecule has 0 amide bonds. The zero-order chi connectivity index (χ0) is 11.0. The van der Waals surface area contributed by atoms with Crippen LogP contribution in [0.4, 0.5) is 0 Å². The largest absolute Gasteiger partial charge is 0.396 e. The molecule has 0 aliphatic carbocycles. The lowest BCUT2D eigenvalue weighted by Crippen LogP contribution is -2.35. The van der Waals surface area contributed by atoms with Crippen LogP contribution in [0.1, 0.15) is 52.4 Å². The van der Waals surface area contributed by atoms with Crippen LogP contribution in [-0.4, -0.2) is 33.6 Å². The average molecular weight is 204 g/mol. The fraction of sp³-hybridized carbons (Fsp3) is 1.00. The molecule has 0 rings (SSSR count). The lowest BCUT2D eigenvalue weighted by molar-refractivity contribution is -0.0522. The van der Waals surface area contributed by atoms with Crippen molar-refractivity contribution < 1.29 is 15.3 Å². The molecule has 0 aromatic rings. The summed E-state index contributed by atoms with van der Waals surface area (Å²) in [5.74, 6) is 0. The van der Waals surface area contributed by atoms with Crippen LogP contribution in [0.15, 0.2) is 0 Å². The van der Waals surface area contributed by atoms with Gasteiger partial charge in [-0.15, -0.1) is 0 Å². The Balaban J connectivity index is 3.28. The summed E-state index contributed by atoms with van der Waals surface area (Å²) in [5.41, 5.74) is -0.981. The highest BCUT2D eigenvalue weighted by Crippen LogP contribution is 2.15. The zero-order valence-corrected chi connectivity index (χ0v) is 9.37. The Morgan fingerprint density at radius 3 is 2.00 bits per heavy atom. The lowest BCUT2D eigenvalue weighted by Gasteiger charge is -2.24. The van der Waals surface area contributed by atoms with Crippen LogP contribution in [-0.2, 0) is 0 Å². The molecule has 3 N–H and O–H groups in total. The van der Waals surface area contributed by atoms with Crippen molar-refractivity contribution in [3.8, 4) is 0 Å². The van der Waals surface area contributed by atoms with Gasteiger partial charge < -0.3 is 15.3 Å². The Labute approximate surface area is 86.8 Å². The number of aliphatic hydroxyl groups excluding tert-OH is 2. The Kier molecular flexibility index (Phi) is 7.15. The number of rotatable bonds is 8. The Bertz CT molecular complexity index is 129. The fourth-order valence-corrected chi connectivity index (χ4v) is 1.33. The summed E-state index contributed by atoms with van der Waals surface area (Å²) >= 11 is 0. The smallest absolute Gasteiger partial charge is 0.0849 e. The maximum Gasteiger partial charge on any atom is 0.0849 e. The summed E-state index contributed by atoms with van der Waals surface area (Å²) < 4.78 is 0. The van der Waals surface area contributed by atoms with Crippen LogP contribution in [0.5, 0.6) is 0 Å². The molecular formula is C11H24O3. The third kappa shape index (κ3) is 7.30. The topological polar surface area (TPSA) is 60.7 Å². The quantitative estimate of drug-likeness (QED) is 0.524. The maximum atomic E-state index is 9.50. The number of aliphatic hydroxyl groups is 3. The van der Waals surface area contributed by atoms with E-state index in [0.29, 0.717) is 6.42 Å². The first-order chi connectivity index (χ1) is 6.48. The summed E-state index contributed by atoms with van der Waals surface area (Å²) in [6, 6.07) is 0. The van der Waals surface area contributed by atoms with Gasteiger partial charge in [-0.2, -0.15) is 0 Å². The molecule has 3 nitrogen and oxygen atoms in total. The van der Waals surface area contributed by atoms with Gasteiger partial charge in [0.2, 0.25) is 0 Å². The van der Waals surface area contributed by atoms with Crippen molar-refractivity contribution in [2.24, 2.45) is 0 Å². The highest BCUT2D eigenvalue weighted by molar-refractivity contribution is 4.75. The van der Waals surface area contributed by atoms with Gasteiger partial charge in [0.25, 0.3) is 0 Å². The molecule has 0 aromatic carbocycles. The van der Waals surface area contributed by atoms with E-state index in [-0.39, 0.29) is 6.61 Å². The third-order valence-corrected chi connectivity index (χ3v) is 2.45. The van der Waals surface area contributed by atoms with E-state index in [0.717, 1.165) is 32.1 Å². The van der Waals surface area contributed by atoms with Crippen molar-refractivity contribution in [1.82, 2.24) is 0 Å². The number of hydrogen-bond acceptors (Lipinski definition) is 3. The van der Waals surface area contributed by atoms with Gasteiger partial charge in [0.15, 0.2) is 0 Å². The average Bonchev–Trinajstić information content (AvgIpc) is 2.09. The minimum atomic E-state index is -0.981. The van der Waals surface area contributed by atoms with E-state index in [9.17, 15) is 10.2 Å². The van der Waals surface area contributed by atoms with Gasteiger partial charge in [-0.25, -0.2) is 0 Å². The van der Waals surface area contributed by atoms with Crippen molar-refractivity contribution in [1.29, 1.82) is 0 Å². The summed E-state index contributed by atoms with van der Waals surface area (Å²) in [6.45, 7) is 3.53. The molecule has 0 spiro atoms. The molecule has 0 saturated heterocycles. The molecule has 1 atom stereocenters. The monoisotopic (exact) mass is 204 g/mol. The minimum Gasteiger partial charge on any atom is -0.396 e. The van der Waals surface area contributed by atoms with E-state index in [1.165, 1.54) is 0 Å². The lowest BCUT2D eigenvalue weighted by atomic mass is 9.96. The minimum absolute atomic E-state index is 0.270. The highest BCUT2D eigenvalue weighted by Gasteiger charge is 2.23. The van der Waals surface area contributed by atoms with E-state index >= 15 is 0 Å². The van der Waals surface area contributed by atoms with Gasteiger partial charge in [0.05, 0.1) is 11.7 Å². The van der Waals surface area contributed by atoms with E-state index in [1.807, 2.05) is 0 Å². The molecule has 86 valence electrons. The first kappa shape index (κ1) is 13.9. The molecule has 0 bridgehead atoms. The molecule has 0 aliphatic heterocycles. The number of unbranched alkanes of at least 4 members (excludes halogenated alkanes) is 4. The fourth-order valence-electron chi connectivity index (χ4n) is 1.33. The third-order valence-electron chi connectivity index (χ3n) is 2.45. The normalized spacial score (nSPS) is 14.4. The molecule has 0 aromatic heterocycles. The molecule has 3 heteroatoms. The zero-order valence-electron chi connectivity index (χ0n) is 9.37. The maximum absolute atomic E-state index is 9.50.